The van der Waals surface area contributed by atoms with Gasteiger partial charge in [0.1, 0.15) is 5.82 Å². The maximum absolute atomic E-state index is 12.4. The quantitative estimate of drug-likeness (QED) is 0.292. The van der Waals surface area contributed by atoms with Crippen LogP contribution in [0, 0.1) is 11.8 Å². The maximum Gasteiger partial charge on any atom is 0.261 e. The zero-order chi connectivity index (χ0) is 21.1. The van der Waals surface area contributed by atoms with Gasteiger partial charge in [-0.05, 0) is 49.4 Å². The third kappa shape index (κ3) is 4.17. The van der Waals surface area contributed by atoms with Gasteiger partial charge in [-0.15, -0.1) is 0 Å². The Balaban J connectivity index is 1.40. The summed E-state index contributed by atoms with van der Waals surface area (Å²) in [5.41, 5.74) is 1.72. The van der Waals surface area contributed by atoms with Gasteiger partial charge in [0.25, 0.3) is 11.8 Å². The summed E-state index contributed by atoms with van der Waals surface area (Å²) in [6, 6.07) is 7.44. The van der Waals surface area contributed by atoms with Crippen molar-refractivity contribution < 1.29 is 9.59 Å². The summed E-state index contributed by atoms with van der Waals surface area (Å²) in [5, 5.41) is 0.225. The molecule has 6 nitrogen and oxygen atoms in total. The Morgan fingerprint density at radius 3 is 2.53 bits per heavy atom. The molecule has 7 heteroatoms. The summed E-state index contributed by atoms with van der Waals surface area (Å²) in [7, 11) is 0. The molecule has 0 bridgehead atoms. The molecule has 2 heterocycles. The highest BCUT2D eigenvalue weighted by atomic mass is 35.5. The molecule has 4 rings (SSSR count). The molecule has 1 fully saturated rings. The average molecular weight is 423 g/mol. The smallest absolute Gasteiger partial charge is 0.261 e. The van der Waals surface area contributed by atoms with Gasteiger partial charge in [0.05, 0.1) is 16.7 Å². The van der Waals surface area contributed by atoms with Crippen LogP contribution in [-0.4, -0.2) is 45.8 Å². The minimum Gasteiger partial charge on any atom is -0.352 e. The normalized spacial score (nSPS) is 15.1. The van der Waals surface area contributed by atoms with E-state index in [1.54, 1.807) is 30.5 Å². The first-order chi connectivity index (χ1) is 14.6. The van der Waals surface area contributed by atoms with Crippen molar-refractivity contribution in [2.24, 2.45) is 0 Å². The van der Waals surface area contributed by atoms with E-state index in [2.05, 4.69) is 33.6 Å². The van der Waals surface area contributed by atoms with E-state index in [1.807, 2.05) is 0 Å². The number of unbranched alkanes of at least 4 members (excludes halogenated alkanes) is 1. The fraction of sp³-hybridized carbons (Fsp3) is 0.391. The fourth-order valence-corrected chi connectivity index (χ4v) is 3.80. The average Bonchev–Trinajstić information content (AvgIpc) is 3.56. The molecule has 30 heavy (non-hydrogen) atoms. The van der Waals surface area contributed by atoms with Gasteiger partial charge in [0.2, 0.25) is 5.28 Å². The minimum absolute atomic E-state index is 0.225. The van der Waals surface area contributed by atoms with Crippen molar-refractivity contribution in [3.05, 3.63) is 52.4 Å². The monoisotopic (exact) mass is 422 g/mol. The number of nitrogens with zero attached hydrogens (tertiary/aromatic N) is 4. The van der Waals surface area contributed by atoms with E-state index in [9.17, 15) is 9.59 Å². The Morgan fingerprint density at radius 1 is 1.20 bits per heavy atom. The number of carbonyl (C=O) groups excluding carboxylic acids is 2. The van der Waals surface area contributed by atoms with Gasteiger partial charge in [-0.25, -0.2) is 4.98 Å². The van der Waals surface area contributed by atoms with Crippen LogP contribution in [0.2, 0.25) is 5.28 Å². The molecule has 2 aliphatic rings. The Bertz CT molecular complexity index is 1000. The number of amides is 2. The van der Waals surface area contributed by atoms with Crippen molar-refractivity contribution in [1.82, 2.24) is 14.9 Å². The van der Waals surface area contributed by atoms with E-state index in [1.165, 1.54) is 4.90 Å². The first-order valence-electron chi connectivity index (χ1n) is 10.3. The van der Waals surface area contributed by atoms with Crippen molar-refractivity contribution in [3.63, 3.8) is 0 Å². The third-order valence-corrected chi connectivity index (χ3v) is 5.43. The van der Waals surface area contributed by atoms with Crippen molar-refractivity contribution >= 4 is 29.2 Å². The SMILES string of the molecule is CCCN(c1nc(Cl)ncc1C#CCCCN1C(=O)c2ccccc2C1=O)C1CC1. The van der Waals surface area contributed by atoms with Crippen LogP contribution in [0.3, 0.4) is 0 Å². The molecule has 1 aliphatic carbocycles. The molecule has 1 aliphatic heterocycles. The first-order valence-corrected chi connectivity index (χ1v) is 10.7. The number of carbonyl (C=O) groups is 2. The lowest BCUT2D eigenvalue weighted by Crippen LogP contribution is -2.30. The number of rotatable bonds is 7. The first kappa shape index (κ1) is 20.4. The summed E-state index contributed by atoms with van der Waals surface area (Å²) in [6.07, 6.45) is 6.19. The van der Waals surface area contributed by atoms with Crippen molar-refractivity contribution in [2.75, 3.05) is 18.0 Å². The van der Waals surface area contributed by atoms with Crippen molar-refractivity contribution in [3.8, 4) is 11.8 Å². The van der Waals surface area contributed by atoms with Crippen LogP contribution in [0.5, 0.6) is 0 Å². The summed E-state index contributed by atoms with van der Waals surface area (Å²) < 4.78 is 0. The number of benzene rings is 1. The molecule has 0 atom stereocenters. The maximum atomic E-state index is 12.4. The van der Waals surface area contributed by atoms with Crippen LogP contribution in [-0.2, 0) is 0 Å². The zero-order valence-electron chi connectivity index (χ0n) is 16.9. The highest BCUT2D eigenvalue weighted by Crippen LogP contribution is 2.32. The number of halogens is 1. The van der Waals surface area contributed by atoms with Crippen molar-refractivity contribution in [2.45, 2.75) is 45.1 Å². The largest absolute Gasteiger partial charge is 0.352 e. The van der Waals surface area contributed by atoms with Gasteiger partial charge < -0.3 is 4.90 Å². The lowest BCUT2D eigenvalue weighted by Gasteiger charge is -2.23. The van der Waals surface area contributed by atoms with Gasteiger partial charge in [-0.3, -0.25) is 14.5 Å². The van der Waals surface area contributed by atoms with Gasteiger partial charge in [-0.2, -0.15) is 4.98 Å². The highest BCUT2D eigenvalue weighted by molar-refractivity contribution is 6.28. The standard InChI is InChI=1S/C23H23ClN4O2/c1-2-13-27(17-11-12-17)20-16(15-25-23(24)26-20)8-4-3-7-14-28-21(29)18-9-5-6-10-19(18)22(28)30/h5-6,9-10,15,17H,2-3,7,11-14H2,1H3. The van der Waals surface area contributed by atoms with E-state index >= 15 is 0 Å². The topological polar surface area (TPSA) is 66.4 Å². The second-order valence-corrected chi connectivity index (χ2v) is 7.85. The summed E-state index contributed by atoms with van der Waals surface area (Å²) >= 11 is 6.04. The number of hydrogen-bond donors (Lipinski definition) is 0. The molecular weight excluding hydrogens is 400 g/mol. The summed E-state index contributed by atoms with van der Waals surface area (Å²) in [5.74, 6) is 6.65. The number of imide groups is 1. The molecule has 2 aromatic rings. The fourth-order valence-electron chi connectivity index (χ4n) is 3.67. The van der Waals surface area contributed by atoms with E-state index in [0.29, 0.717) is 36.6 Å². The van der Waals surface area contributed by atoms with E-state index < -0.39 is 0 Å². The summed E-state index contributed by atoms with van der Waals surface area (Å²) in [6.45, 7) is 3.41. The lowest BCUT2D eigenvalue weighted by atomic mass is 10.1. The molecule has 0 unspecified atom stereocenters. The molecule has 0 N–H and O–H groups in total. The Hall–Kier alpha value is -2.91. The van der Waals surface area contributed by atoms with Crippen LogP contribution in [0.4, 0.5) is 5.82 Å². The van der Waals surface area contributed by atoms with Crippen molar-refractivity contribution in [1.29, 1.82) is 0 Å². The van der Waals surface area contributed by atoms with E-state index in [-0.39, 0.29) is 17.1 Å². The third-order valence-electron chi connectivity index (χ3n) is 5.25. The number of hydrogen-bond acceptors (Lipinski definition) is 5. The number of anilines is 1. The minimum atomic E-state index is -0.225. The molecule has 1 aromatic carbocycles. The molecule has 154 valence electrons. The van der Waals surface area contributed by atoms with Gasteiger partial charge >= 0.3 is 0 Å². The molecule has 0 saturated heterocycles. The number of fused-ring (bicyclic) bond motifs is 1. The van der Waals surface area contributed by atoms with E-state index in [0.717, 1.165) is 37.2 Å². The summed E-state index contributed by atoms with van der Waals surface area (Å²) in [4.78, 5) is 36.9. The Labute approximate surface area is 181 Å². The van der Waals surface area contributed by atoms with Gasteiger partial charge in [0, 0.05) is 31.7 Å². The highest BCUT2D eigenvalue weighted by Gasteiger charge is 2.34. The van der Waals surface area contributed by atoms with E-state index in [4.69, 9.17) is 11.6 Å². The molecule has 1 saturated carbocycles. The Kier molecular flexibility index (Phi) is 6.01. The van der Waals surface area contributed by atoms with Crippen LogP contribution < -0.4 is 4.90 Å². The van der Waals surface area contributed by atoms with Crippen LogP contribution in [0.1, 0.15) is 65.3 Å². The predicted octanol–water partition coefficient (Wildman–Crippen LogP) is 3.94. The van der Waals surface area contributed by atoms with Crippen LogP contribution in [0.15, 0.2) is 30.5 Å². The second kappa shape index (κ2) is 8.85. The number of aromatic nitrogens is 2. The molecular formula is C23H23ClN4O2. The lowest BCUT2D eigenvalue weighted by molar-refractivity contribution is 0.0653. The second-order valence-electron chi connectivity index (χ2n) is 7.51. The molecule has 2 amide bonds. The predicted molar refractivity (Wildman–Crippen MR) is 116 cm³/mol. The molecule has 1 aromatic heterocycles. The zero-order valence-corrected chi connectivity index (χ0v) is 17.7. The molecule has 0 radical (unpaired) electrons. The van der Waals surface area contributed by atoms with Crippen LogP contribution >= 0.6 is 11.6 Å². The van der Waals surface area contributed by atoms with Gasteiger partial charge in [0.15, 0.2) is 0 Å². The Morgan fingerprint density at radius 2 is 1.90 bits per heavy atom. The van der Waals surface area contributed by atoms with Crippen LogP contribution in [0.25, 0.3) is 0 Å². The molecule has 0 spiro atoms. The van der Waals surface area contributed by atoms with Gasteiger partial charge in [-0.1, -0.05) is 30.9 Å².